The number of ether oxygens (including phenoxy) is 1. The summed E-state index contributed by atoms with van der Waals surface area (Å²) in [5, 5.41) is 0. The first-order valence-electron chi connectivity index (χ1n) is 9.82. The molecular formula is C25H23NO3. The molecule has 2 atom stereocenters. The molecular weight excluding hydrogens is 362 g/mol. The zero-order valence-electron chi connectivity index (χ0n) is 16.5. The maximum Gasteiger partial charge on any atom is 0.338 e. The summed E-state index contributed by atoms with van der Waals surface area (Å²) in [6, 6.07) is 25.1. The second-order valence-corrected chi connectivity index (χ2v) is 7.38. The van der Waals surface area contributed by atoms with E-state index in [2.05, 4.69) is 0 Å². The molecule has 0 aliphatic carbocycles. The van der Waals surface area contributed by atoms with Crippen LogP contribution in [0, 0.1) is 0 Å². The van der Waals surface area contributed by atoms with Gasteiger partial charge in [-0.25, -0.2) is 4.79 Å². The predicted molar refractivity (Wildman–Crippen MR) is 114 cm³/mol. The number of nitrogens with zero attached hydrogens (tertiary/aromatic N) is 1. The maximum atomic E-state index is 13.0. The van der Waals surface area contributed by atoms with E-state index in [9.17, 15) is 9.59 Å². The van der Waals surface area contributed by atoms with E-state index < -0.39 is 12.1 Å². The summed E-state index contributed by atoms with van der Waals surface area (Å²) in [5.74, 6) is -0.692. The zero-order chi connectivity index (χ0) is 20.4. The number of carbonyl (C=O) groups excluding carboxylic acids is 2. The first-order valence-corrected chi connectivity index (χ1v) is 9.82. The van der Waals surface area contributed by atoms with E-state index in [1.54, 1.807) is 24.0 Å². The molecule has 1 aliphatic rings. The van der Waals surface area contributed by atoms with E-state index in [1.165, 1.54) is 0 Å². The van der Waals surface area contributed by atoms with Crippen LogP contribution in [0.5, 0.6) is 0 Å². The Morgan fingerprint density at radius 1 is 0.897 bits per heavy atom. The summed E-state index contributed by atoms with van der Waals surface area (Å²) in [7, 11) is 0. The molecule has 1 heterocycles. The molecule has 0 bridgehead atoms. The van der Waals surface area contributed by atoms with Gasteiger partial charge >= 0.3 is 5.97 Å². The predicted octanol–water partition coefficient (Wildman–Crippen LogP) is 4.88. The molecule has 4 heteroatoms. The molecule has 0 aromatic heterocycles. The summed E-state index contributed by atoms with van der Waals surface area (Å²) >= 11 is 0. The lowest BCUT2D eigenvalue weighted by molar-refractivity contribution is -0.126. The van der Waals surface area contributed by atoms with Crippen molar-refractivity contribution in [2.24, 2.45) is 0 Å². The summed E-state index contributed by atoms with van der Waals surface area (Å²) in [6.07, 6.45) is -0.0475. The molecule has 0 saturated carbocycles. The van der Waals surface area contributed by atoms with Gasteiger partial charge in [-0.3, -0.25) is 4.79 Å². The van der Waals surface area contributed by atoms with Gasteiger partial charge in [-0.1, -0.05) is 60.7 Å². The number of anilines is 1. The van der Waals surface area contributed by atoms with E-state index in [-0.39, 0.29) is 11.9 Å². The van der Waals surface area contributed by atoms with Crippen molar-refractivity contribution < 1.29 is 14.3 Å². The number of para-hydroxylation sites is 1. The number of rotatable bonds is 4. The van der Waals surface area contributed by atoms with E-state index >= 15 is 0 Å². The van der Waals surface area contributed by atoms with Crippen molar-refractivity contribution in [3.8, 4) is 11.1 Å². The van der Waals surface area contributed by atoms with Crippen LogP contribution >= 0.6 is 0 Å². The molecule has 0 spiro atoms. The highest BCUT2D eigenvalue weighted by Crippen LogP contribution is 2.32. The molecule has 146 valence electrons. The maximum absolute atomic E-state index is 13.0. The number of carbonyl (C=O) groups is 2. The Morgan fingerprint density at radius 3 is 2.24 bits per heavy atom. The van der Waals surface area contributed by atoms with E-state index in [0.717, 1.165) is 28.8 Å². The van der Waals surface area contributed by atoms with E-state index in [4.69, 9.17) is 4.74 Å². The average Bonchev–Trinajstić information content (AvgIpc) is 3.09. The van der Waals surface area contributed by atoms with Gasteiger partial charge < -0.3 is 9.64 Å². The zero-order valence-corrected chi connectivity index (χ0v) is 16.5. The first-order chi connectivity index (χ1) is 14.0. The third-order valence-electron chi connectivity index (χ3n) is 5.30. The van der Waals surface area contributed by atoms with Crippen LogP contribution in [0.2, 0.25) is 0 Å². The molecule has 3 aromatic rings. The van der Waals surface area contributed by atoms with Crippen molar-refractivity contribution in [1.82, 2.24) is 0 Å². The van der Waals surface area contributed by atoms with Crippen LogP contribution in [0.15, 0.2) is 78.9 Å². The minimum atomic E-state index is -0.857. The van der Waals surface area contributed by atoms with Crippen molar-refractivity contribution >= 4 is 17.6 Å². The molecule has 0 fully saturated rings. The monoisotopic (exact) mass is 385 g/mol. The van der Waals surface area contributed by atoms with Gasteiger partial charge in [-0.05, 0) is 55.2 Å². The number of fused-ring (bicyclic) bond motifs is 1. The van der Waals surface area contributed by atoms with Crippen LogP contribution in [0.25, 0.3) is 11.1 Å². The van der Waals surface area contributed by atoms with Gasteiger partial charge in [0, 0.05) is 11.7 Å². The Bertz CT molecular complexity index is 1030. The fraction of sp³-hybridized carbons (Fsp3) is 0.200. The van der Waals surface area contributed by atoms with Crippen LogP contribution in [0.3, 0.4) is 0 Å². The summed E-state index contributed by atoms with van der Waals surface area (Å²) in [4.78, 5) is 27.3. The molecule has 29 heavy (non-hydrogen) atoms. The fourth-order valence-corrected chi connectivity index (χ4v) is 3.81. The van der Waals surface area contributed by atoms with Gasteiger partial charge in [0.25, 0.3) is 5.91 Å². The smallest absolute Gasteiger partial charge is 0.338 e. The number of hydrogen-bond acceptors (Lipinski definition) is 3. The number of benzene rings is 3. The highest BCUT2D eigenvalue weighted by molar-refractivity contribution is 6.01. The third-order valence-corrected chi connectivity index (χ3v) is 5.30. The second-order valence-electron chi connectivity index (χ2n) is 7.38. The van der Waals surface area contributed by atoms with E-state index in [0.29, 0.717) is 5.56 Å². The normalized spacial score (nSPS) is 16.2. The molecule has 1 amide bonds. The average molecular weight is 385 g/mol. The lowest BCUT2D eigenvalue weighted by atomic mass is 10.0. The quantitative estimate of drug-likeness (QED) is 0.602. The molecule has 0 N–H and O–H groups in total. The Labute approximate surface area is 170 Å². The molecule has 4 rings (SSSR count). The minimum Gasteiger partial charge on any atom is -0.449 e. The van der Waals surface area contributed by atoms with Crippen LogP contribution < -0.4 is 4.90 Å². The van der Waals surface area contributed by atoms with Gasteiger partial charge in [-0.2, -0.15) is 0 Å². The van der Waals surface area contributed by atoms with Crippen molar-refractivity contribution in [2.45, 2.75) is 32.4 Å². The fourth-order valence-electron chi connectivity index (χ4n) is 3.81. The molecule has 0 unspecified atom stereocenters. The highest BCUT2D eigenvalue weighted by Gasteiger charge is 2.34. The molecule has 4 nitrogen and oxygen atoms in total. The highest BCUT2D eigenvalue weighted by atomic mass is 16.5. The molecule has 0 radical (unpaired) electrons. The molecule has 1 aliphatic heterocycles. The van der Waals surface area contributed by atoms with Crippen molar-refractivity contribution in [3.05, 3.63) is 90.0 Å². The number of esters is 1. The Kier molecular flexibility index (Phi) is 5.17. The van der Waals surface area contributed by atoms with Crippen LogP contribution in [-0.2, 0) is 16.0 Å². The second kappa shape index (κ2) is 7.92. The standard InChI is InChI=1S/C25H23NO3/c1-17-16-22-10-6-7-11-23(22)26(17)24(27)18(2)29-25(28)21-14-12-20(13-15-21)19-8-4-3-5-9-19/h3-15,17-18H,16H2,1-2H3/t17-,18-/m1/s1. The summed E-state index contributed by atoms with van der Waals surface area (Å²) in [6.45, 7) is 3.64. The first kappa shape index (κ1) is 18.9. The van der Waals surface area contributed by atoms with Gasteiger partial charge in [0.05, 0.1) is 5.56 Å². The lowest BCUT2D eigenvalue weighted by Gasteiger charge is -2.26. The summed E-state index contributed by atoms with van der Waals surface area (Å²) < 4.78 is 5.49. The topological polar surface area (TPSA) is 46.6 Å². The van der Waals surface area contributed by atoms with Crippen molar-refractivity contribution in [2.75, 3.05) is 4.90 Å². The minimum absolute atomic E-state index is 0.0474. The molecule has 0 saturated heterocycles. The Balaban J connectivity index is 1.45. The van der Waals surface area contributed by atoms with Crippen molar-refractivity contribution in [3.63, 3.8) is 0 Å². The number of amides is 1. The van der Waals surface area contributed by atoms with Gasteiger partial charge in [0.2, 0.25) is 0 Å². The SMILES string of the molecule is C[C@@H]1Cc2ccccc2N1C(=O)[C@@H](C)OC(=O)c1ccc(-c2ccccc2)cc1. The largest absolute Gasteiger partial charge is 0.449 e. The van der Waals surface area contributed by atoms with Gasteiger partial charge in [-0.15, -0.1) is 0 Å². The van der Waals surface area contributed by atoms with Crippen LogP contribution in [0.1, 0.15) is 29.8 Å². The number of hydrogen-bond donors (Lipinski definition) is 0. The van der Waals surface area contributed by atoms with Gasteiger partial charge in [0.15, 0.2) is 6.10 Å². The third kappa shape index (κ3) is 3.79. The van der Waals surface area contributed by atoms with E-state index in [1.807, 2.05) is 73.7 Å². The van der Waals surface area contributed by atoms with Crippen molar-refractivity contribution in [1.29, 1.82) is 0 Å². The Morgan fingerprint density at radius 2 is 1.52 bits per heavy atom. The van der Waals surface area contributed by atoms with Crippen LogP contribution in [0.4, 0.5) is 5.69 Å². The van der Waals surface area contributed by atoms with Gasteiger partial charge in [0.1, 0.15) is 0 Å². The lowest BCUT2D eigenvalue weighted by Crippen LogP contribution is -2.43. The van der Waals surface area contributed by atoms with Crippen LogP contribution in [-0.4, -0.2) is 24.0 Å². The molecule has 3 aromatic carbocycles. The Hall–Kier alpha value is -3.40. The summed E-state index contributed by atoms with van der Waals surface area (Å²) in [5.41, 5.74) is 4.58.